The van der Waals surface area contributed by atoms with Gasteiger partial charge in [-0.15, -0.1) is 0 Å². The first-order valence-corrected chi connectivity index (χ1v) is 9.76. The zero-order chi connectivity index (χ0) is 21.3. The number of para-hydroxylation sites is 1. The number of fused-ring (bicyclic) bond motifs is 1. The van der Waals surface area contributed by atoms with E-state index in [1.165, 1.54) is 4.57 Å². The van der Waals surface area contributed by atoms with Gasteiger partial charge in [-0.25, -0.2) is 4.98 Å². The molecule has 0 bridgehead atoms. The van der Waals surface area contributed by atoms with Crippen LogP contribution < -0.4 is 16.6 Å². The van der Waals surface area contributed by atoms with Crippen LogP contribution in [-0.2, 0) is 9.53 Å². The van der Waals surface area contributed by atoms with E-state index in [0.29, 0.717) is 47.4 Å². The van der Waals surface area contributed by atoms with Crippen LogP contribution in [0.3, 0.4) is 0 Å². The summed E-state index contributed by atoms with van der Waals surface area (Å²) in [5.41, 5.74) is 6.83. The first-order chi connectivity index (χ1) is 14.4. The maximum atomic E-state index is 12.9. The Morgan fingerprint density at radius 2 is 1.90 bits per heavy atom. The maximum absolute atomic E-state index is 12.9. The van der Waals surface area contributed by atoms with Gasteiger partial charge in [0.2, 0.25) is 5.91 Å². The van der Waals surface area contributed by atoms with E-state index < -0.39 is 12.0 Å². The molecule has 1 aliphatic heterocycles. The SMILES string of the molecule is Cc1nc2ccccc2c(=O)n1-c1ccc(C(=O)NC[C@@H]2CC[C@@H](C(N)=O)O2)cc1. The number of primary amides is 1. The highest BCUT2D eigenvalue weighted by Crippen LogP contribution is 2.19. The second-order valence-electron chi connectivity index (χ2n) is 7.30. The number of rotatable bonds is 5. The van der Waals surface area contributed by atoms with Crippen LogP contribution in [0.4, 0.5) is 0 Å². The Morgan fingerprint density at radius 3 is 2.60 bits per heavy atom. The Bertz CT molecular complexity index is 1170. The predicted molar refractivity (Wildman–Crippen MR) is 111 cm³/mol. The highest BCUT2D eigenvalue weighted by Gasteiger charge is 2.29. The lowest BCUT2D eigenvalue weighted by Crippen LogP contribution is -2.34. The molecule has 1 saturated heterocycles. The molecule has 2 heterocycles. The highest BCUT2D eigenvalue weighted by atomic mass is 16.5. The molecule has 0 spiro atoms. The van der Waals surface area contributed by atoms with Crippen LogP contribution in [0.15, 0.2) is 53.3 Å². The number of ether oxygens (including phenoxy) is 1. The average molecular weight is 406 g/mol. The van der Waals surface area contributed by atoms with Gasteiger partial charge in [-0.05, 0) is 56.2 Å². The van der Waals surface area contributed by atoms with Crippen LogP contribution in [0, 0.1) is 6.92 Å². The van der Waals surface area contributed by atoms with E-state index in [1.807, 2.05) is 6.07 Å². The lowest BCUT2D eigenvalue weighted by atomic mass is 10.1. The molecular formula is C22H22N4O4. The number of aryl methyl sites for hydroxylation is 1. The van der Waals surface area contributed by atoms with Crippen LogP contribution in [0.1, 0.15) is 29.0 Å². The van der Waals surface area contributed by atoms with E-state index in [4.69, 9.17) is 10.5 Å². The van der Waals surface area contributed by atoms with E-state index in [1.54, 1.807) is 49.4 Å². The topological polar surface area (TPSA) is 116 Å². The molecule has 1 aliphatic rings. The summed E-state index contributed by atoms with van der Waals surface area (Å²) in [5.74, 6) is -0.167. The van der Waals surface area contributed by atoms with Gasteiger partial charge in [0.1, 0.15) is 11.9 Å². The summed E-state index contributed by atoms with van der Waals surface area (Å²) >= 11 is 0. The number of benzene rings is 2. The Kier molecular flexibility index (Phi) is 5.33. The normalized spacial score (nSPS) is 18.4. The fourth-order valence-electron chi connectivity index (χ4n) is 3.68. The minimum atomic E-state index is -0.580. The van der Waals surface area contributed by atoms with Crippen molar-refractivity contribution in [1.82, 2.24) is 14.9 Å². The summed E-state index contributed by atoms with van der Waals surface area (Å²) in [6.07, 6.45) is 0.432. The van der Waals surface area contributed by atoms with Crippen molar-refractivity contribution in [2.24, 2.45) is 5.73 Å². The highest BCUT2D eigenvalue weighted by molar-refractivity contribution is 5.94. The van der Waals surface area contributed by atoms with Crippen molar-refractivity contribution in [2.45, 2.75) is 32.0 Å². The summed E-state index contributed by atoms with van der Waals surface area (Å²) in [4.78, 5) is 41.0. The first kappa shape index (κ1) is 19.8. The molecule has 0 aliphatic carbocycles. The number of hydrogen-bond donors (Lipinski definition) is 2. The number of nitrogens with zero attached hydrogens (tertiary/aromatic N) is 2. The Balaban J connectivity index is 1.48. The van der Waals surface area contributed by atoms with Crippen molar-refractivity contribution < 1.29 is 14.3 Å². The minimum absolute atomic E-state index is 0.155. The monoisotopic (exact) mass is 406 g/mol. The molecule has 2 atom stereocenters. The number of carbonyl (C=O) groups is 2. The Hall–Kier alpha value is -3.52. The van der Waals surface area contributed by atoms with Gasteiger partial charge in [-0.3, -0.25) is 19.0 Å². The van der Waals surface area contributed by atoms with Crippen LogP contribution in [0.5, 0.6) is 0 Å². The van der Waals surface area contributed by atoms with E-state index in [2.05, 4.69) is 10.3 Å². The van der Waals surface area contributed by atoms with Crippen LogP contribution in [0.25, 0.3) is 16.6 Å². The first-order valence-electron chi connectivity index (χ1n) is 9.76. The van der Waals surface area contributed by atoms with E-state index >= 15 is 0 Å². The van der Waals surface area contributed by atoms with Crippen LogP contribution >= 0.6 is 0 Å². The Labute approximate surface area is 172 Å². The van der Waals surface area contributed by atoms with E-state index in [9.17, 15) is 14.4 Å². The molecule has 0 radical (unpaired) electrons. The van der Waals surface area contributed by atoms with Crippen molar-refractivity contribution in [3.8, 4) is 5.69 Å². The third kappa shape index (κ3) is 3.81. The second kappa shape index (κ2) is 8.08. The lowest BCUT2D eigenvalue weighted by Gasteiger charge is -2.13. The van der Waals surface area contributed by atoms with Gasteiger partial charge in [0, 0.05) is 12.1 Å². The van der Waals surface area contributed by atoms with E-state index in [0.717, 1.165) is 0 Å². The molecule has 8 nitrogen and oxygen atoms in total. The fourth-order valence-corrected chi connectivity index (χ4v) is 3.68. The number of nitrogens with one attached hydrogen (secondary N) is 1. The molecule has 4 rings (SSSR count). The summed E-state index contributed by atoms with van der Waals surface area (Å²) in [7, 11) is 0. The molecule has 3 N–H and O–H groups in total. The van der Waals surface area contributed by atoms with Crippen molar-refractivity contribution in [3.05, 3.63) is 70.3 Å². The standard InChI is InChI=1S/C22H22N4O4/c1-13-25-18-5-3-2-4-17(18)22(29)26(13)15-8-6-14(7-9-15)21(28)24-12-16-10-11-19(30-16)20(23)27/h2-9,16,19H,10-12H2,1H3,(H2,23,27)(H,24,28)/t16-,19-/m0/s1. The van der Waals surface area contributed by atoms with Crippen LogP contribution in [-0.4, -0.2) is 40.1 Å². The van der Waals surface area contributed by atoms with Gasteiger partial charge >= 0.3 is 0 Å². The van der Waals surface area contributed by atoms with Gasteiger partial charge in [0.25, 0.3) is 11.5 Å². The molecule has 30 heavy (non-hydrogen) atoms. The predicted octanol–water partition coefficient (Wildman–Crippen LogP) is 1.46. The zero-order valence-corrected chi connectivity index (χ0v) is 16.5. The van der Waals surface area contributed by atoms with Crippen molar-refractivity contribution in [1.29, 1.82) is 0 Å². The molecular weight excluding hydrogens is 384 g/mol. The van der Waals surface area contributed by atoms with Gasteiger partial charge in [-0.1, -0.05) is 12.1 Å². The third-order valence-electron chi connectivity index (χ3n) is 5.25. The summed E-state index contributed by atoms with van der Waals surface area (Å²) < 4.78 is 7.04. The molecule has 3 aromatic rings. The summed E-state index contributed by atoms with van der Waals surface area (Å²) in [5, 5.41) is 3.35. The van der Waals surface area contributed by atoms with Crippen molar-refractivity contribution in [2.75, 3.05) is 6.54 Å². The van der Waals surface area contributed by atoms with Crippen molar-refractivity contribution >= 4 is 22.7 Å². The average Bonchev–Trinajstić information content (AvgIpc) is 3.22. The number of aromatic nitrogens is 2. The van der Waals surface area contributed by atoms with Gasteiger partial charge in [0.05, 0.1) is 22.7 Å². The second-order valence-corrected chi connectivity index (χ2v) is 7.30. The molecule has 8 heteroatoms. The largest absolute Gasteiger partial charge is 0.367 e. The number of amides is 2. The fraction of sp³-hybridized carbons (Fsp3) is 0.273. The molecule has 2 amide bonds. The summed E-state index contributed by atoms with van der Waals surface area (Å²) in [6.45, 7) is 2.08. The lowest BCUT2D eigenvalue weighted by molar-refractivity contribution is -0.128. The quantitative estimate of drug-likeness (QED) is 0.665. The number of carbonyl (C=O) groups excluding carboxylic acids is 2. The van der Waals surface area contributed by atoms with Gasteiger partial charge in [0.15, 0.2) is 0 Å². The molecule has 154 valence electrons. The van der Waals surface area contributed by atoms with Gasteiger partial charge in [-0.2, -0.15) is 0 Å². The van der Waals surface area contributed by atoms with Crippen molar-refractivity contribution in [3.63, 3.8) is 0 Å². The number of hydrogen-bond acceptors (Lipinski definition) is 5. The molecule has 2 aromatic carbocycles. The smallest absolute Gasteiger partial charge is 0.265 e. The maximum Gasteiger partial charge on any atom is 0.265 e. The molecule has 1 aromatic heterocycles. The zero-order valence-electron chi connectivity index (χ0n) is 16.5. The molecule has 0 saturated carbocycles. The van der Waals surface area contributed by atoms with E-state index in [-0.39, 0.29) is 17.6 Å². The minimum Gasteiger partial charge on any atom is -0.367 e. The number of nitrogens with two attached hydrogens (primary N) is 1. The molecule has 0 unspecified atom stereocenters. The Morgan fingerprint density at radius 1 is 1.17 bits per heavy atom. The van der Waals surface area contributed by atoms with Gasteiger partial charge < -0.3 is 15.8 Å². The summed E-state index contributed by atoms with van der Waals surface area (Å²) in [6, 6.07) is 14.0. The van der Waals surface area contributed by atoms with Crippen LogP contribution in [0.2, 0.25) is 0 Å². The third-order valence-corrected chi connectivity index (χ3v) is 5.25. The molecule has 1 fully saturated rings.